The number of rotatable bonds is 13. The first-order valence-corrected chi connectivity index (χ1v) is 12.1. The van der Waals surface area contributed by atoms with E-state index in [1.54, 1.807) is 16.8 Å². The van der Waals surface area contributed by atoms with E-state index in [0.717, 1.165) is 42.6 Å². The molecule has 1 aromatic heterocycles. The SMILES string of the molecule is CCCCOCC(O)CN(Cc1c(C)nn(-c2ccccc2)c1Oc1cccc(F)c1)C1CC1. The van der Waals surface area contributed by atoms with Gasteiger partial charge in [-0.3, -0.25) is 4.90 Å². The number of hydrogen-bond donors (Lipinski definition) is 1. The third kappa shape index (κ3) is 6.44. The Balaban J connectivity index is 1.59. The van der Waals surface area contributed by atoms with E-state index in [9.17, 15) is 9.50 Å². The van der Waals surface area contributed by atoms with Gasteiger partial charge in [0.2, 0.25) is 5.88 Å². The molecule has 7 heteroatoms. The van der Waals surface area contributed by atoms with Crippen LogP contribution in [0.15, 0.2) is 54.6 Å². The third-order valence-corrected chi connectivity index (χ3v) is 5.97. The number of halogens is 1. The smallest absolute Gasteiger partial charge is 0.227 e. The standard InChI is InChI=1S/C27H34FN3O3/c1-3-4-15-33-19-24(32)17-30(22-13-14-22)18-26-20(2)29-31(23-10-6-5-7-11-23)27(26)34-25-12-8-9-21(28)16-25/h5-12,16,22,24,32H,3-4,13-15,17-19H2,1-2H3. The van der Waals surface area contributed by atoms with Gasteiger partial charge in [0.15, 0.2) is 0 Å². The summed E-state index contributed by atoms with van der Waals surface area (Å²) in [5.74, 6) is 0.627. The van der Waals surface area contributed by atoms with Gasteiger partial charge < -0.3 is 14.6 Å². The largest absolute Gasteiger partial charge is 0.438 e. The highest BCUT2D eigenvalue weighted by Crippen LogP contribution is 2.35. The Morgan fingerprint density at radius 2 is 1.97 bits per heavy atom. The lowest BCUT2D eigenvalue weighted by molar-refractivity contribution is 0.0127. The maximum atomic E-state index is 13.9. The van der Waals surface area contributed by atoms with E-state index >= 15 is 0 Å². The van der Waals surface area contributed by atoms with E-state index in [2.05, 4.69) is 11.8 Å². The van der Waals surface area contributed by atoms with E-state index in [1.165, 1.54) is 12.1 Å². The lowest BCUT2D eigenvalue weighted by Crippen LogP contribution is -2.36. The number of nitrogens with zero attached hydrogens (tertiary/aromatic N) is 3. The van der Waals surface area contributed by atoms with Crippen LogP contribution in [0.25, 0.3) is 5.69 Å². The molecule has 0 spiro atoms. The van der Waals surface area contributed by atoms with Gasteiger partial charge in [0, 0.05) is 31.8 Å². The van der Waals surface area contributed by atoms with Crippen LogP contribution in [0, 0.1) is 12.7 Å². The third-order valence-electron chi connectivity index (χ3n) is 5.97. The van der Waals surface area contributed by atoms with Gasteiger partial charge in [0.1, 0.15) is 11.6 Å². The van der Waals surface area contributed by atoms with Gasteiger partial charge >= 0.3 is 0 Å². The first-order chi connectivity index (χ1) is 16.5. The molecule has 1 aliphatic carbocycles. The average Bonchev–Trinajstić information content (AvgIpc) is 3.63. The van der Waals surface area contributed by atoms with Crippen LogP contribution in [0.4, 0.5) is 4.39 Å². The van der Waals surface area contributed by atoms with Crippen molar-refractivity contribution in [1.29, 1.82) is 0 Å². The fourth-order valence-corrected chi connectivity index (χ4v) is 3.99. The van der Waals surface area contributed by atoms with Crippen molar-refractivity contribution >= 4 is 0 Å². The zero-order chi connectivity index (χ0) is 23.9. The molecule has 182 valence electrons. The minimum absolute atomic E-state index is 0.331. The lowest BCUT2D eigenvalue weighted by atomic mass is 10.2. The molecule has 0 radical (unpaired) electrons. The second-order valence-electron chi connectivity index (χ2n) is 8.92. The Morgan fingerprint density at radius 1 is 1.18 bits per heavy atom. The van der Waals surface area contributed by atoms with Crippen molar-refractivity contribution in [3.8, 4) is 17.3 Å². The molecule has 1 unspecified atom stereocenters. The van der Waals surface area contributed by atoms with Crippen LogP contribution in [0.5, 0.6) is 11.6 Å². The predicted octanol–water partition coefficient (Wildman–Crippen LogP) is 5.25. The molecule has 3 aromatic rings. The van der Waals surface area contributed by atoms with Gasteiger partial charge in [0.05, 0.1) is 29.7 Å². The second-order valence-corrected chi connectivity index (χ2v) is 8.92. The van der Waals surface area contributed by atoms with Crippen molar-refractivity contribution in [1.82, 2.24) is 14.7 Å². The highest BCUT2D eigenvalue weighted by atomic mass is 19.1. The summed E-state index contributed by atoms with van der Waals surface area (Å²) in [4.78, 5) is 2.28. The number of unbranched alkanes of at least 4 members (excludes halogenated alkanes) is 1. The van der Waals surface area contributed by atoms with E-state index < -0.39 is 6.10 Å². The van der Waals surface area contributed by atoms with E-state index in [4.69, 9.17) is 14.6 Å². The summed E-state index contributed by atoms with van der Waals surface area (Å²) >= 11 is 0. The topological polar surface area (TPSA) is 59.8 Å². The Hall–Kier alpha value is -2.74. The summed E-state index contributed by atoms with van der Waals surface area (Å²) in [6, 6.07) is 16.3. The molecule has 1 aliphatic rings. The van der Waals surface area contributed by atoms with Crippen molar-refractivity contribution in [2.45, 2.75) is 58.2 Å². The molecular weight excluding hydrogens is 433 g/mol. The molecular formula is C27H34FN3O3. The number of hydrogen-bond acceptors (Lipinski definition) is 5. The number of benzene rings is 2. The Labute approximate surface area is 200 Å². The number of para-hydroxylation sites is 1. The Bertz CT molecular complexity index is 1050. The maximum Gasteiger partial charge on any atom is 0.227 e. The van der Waals surface area contributed by atoms with Crippen molar-refractivity contribution in [3.05, 3.63) is 71.7 Å². The average molecular weight is 468 g/mol. The van der Waals surface area contributed by atoms with Gasteiger partial charge in [-0.2, -0.15) is 5.10 Å². The quantitative estimate of drug-likeness (QED) is 0.348. The van der Waals surface area contributed by atoms with Crippen LogP contribution < -0.4 is 4.74 Å². The van der Waals surface area contributed by atoms with Crippen LogP contribution in [-0.4, -0.2) is 51.7 Å². The van der Waals surface area contributed by atoms with Crippen LogP contribution in [0.1, 0.15) is 43.9 Å². The molecule has 1 saturated carbocycles. The zero-order valence-corrected chi connectivity index (χ0v) is 20.0. The van der Waals surface area contributed by atoms with Gasteiger partial charge in [-0.25, -0.2) is 9.07 Å². The normalized spacial score (nSPS) is 14.5. The number of ether oxygens (including phenoxy) is 2. The van der Waals surface area contributed by atoms with E-state index in [1.807, 2.05) is 37.3 Å². The van der Waals surface area contributed by atoms with Gasteiger partial charge in [-0.15, -0.1) is 0 Å². The highest BCUT2D eigenvalue weighted by molar-refractivity contribution is 5.43. The Kier molecular flexibility index (Phi) is 8.32. The molecule has 1 atom stereocenters. The minimum atomic E-state index is -0.561. The molecule has 0 bridgehead atoms. The van der Waals surface area contributed by atoms with Gasteiger partial charge in [-0.1, -0.05) is 37.6 Å². The molecule has 0 amide bonds. The van der Waals surface area contributed by atoms with Gasteiger partial charge in [-0.05, 0) is 50.5 Å². The molecule has 1 heterocycles. The first-order valence-electron chi connectivity index (χ1n) is 12.1. The number of aromatic nitrogens is 2. The van der Waals surface area contributed by atoms with E-state index in [0.29, 0.717) is 44.0 Å². The lowest BCUT2D eigenvalue weighted by Gasteiger charge is -2.25. The molecule has 1 N–H and O–H groups in total. The molecule has 4 rings (SSSR count). The summed E-state index contributed by atoms with van der Waals surface area (Å²) in [6.45, 7) is 6.19. The van der Waals surface area contributed by atoms with Crippen LogP contribution in [0.2, 0.25) is 0 Å². The summed E-state index contributed by atoms with van der Waals surface area (Å²) in [7, 11) is 0. The van der Waals surface area contributed by atoms with Crippen LogP contribution >= 0.6 is 0 Å². The van der Waals surface area contributed by atoms with Gasteiger partial charge in [0.25, 0.3) is 0 Å². The summed E-state index contributed by atoms with van der Waals surface area (Å²) in [5, 5.41) is 15.4. The Morgan fingerprint density at radius 3 is 2.68 bits per heavy atom. The second kappa shape index (κ2) is 11.6. The molecule has 2 aromatic carbocycles. The molecule has 0 saturated heterocycles. The van der Waals surface area contributed by atoms with Crippen molar-refractivity contribution in [2.24, 2.45) is 0 Å². The first kappa shape index (κ1) is 24.4. The van der Waals surface area contributed by atoms with E-state index in [-0.39, 0.29) is 5.82 Å². The molecule has 6 nitrogen and oxygen atoms in total. The van der Waals surface area contributed by atoms with Crippen LogP contribution in [-0.2, 0) is 11.3 Å². The predicted molar refractivity (Wildman–Crippen MR) is 130 cm³/mol. The zero-order valence-electron chi connectivity index (χ0n) is 20.0. The highest BCUT2D eigenvalue weighted by Gasteiger charge is 2.32. The summed E-state index contributed by atoms with van der Waals surface area (Å²) in [5.41, 5.74) is 2.64. The fourth-order valence-electron chi connectivity index (χ4n) is 3.99. The molecule has 1 fully saturated rings. The minimum Gasteiger partial charge on any atom is -0.438 e. The summed E-state index contributed by atoms with van der Waals surface area (Å²) < 4.78 is 27.5. The number of aliphatic hydroxyl groups is 1. The number of aliphatic hydroxyl groups excluding tert-OH is 1. The monoisotopic (exact) mass is 467 g/mol. The van der Waals surface area contributed by atoms with Crippen molar-refractivity contribution in [3.63, 3.8) is 0 Å². The molecule has 34 heavy (non-hydrogen) atoms. The van der Waals surface area contributed by atoms with Crippen molar-refractivity contribution in [2.75, 3.05) is 19.8 Å². The van der Waals surface area contributed by atoms with Crippen LogP contribution in [0.3, 0.4) is 0 Å². The number of aryl methyl sites for hydroxylation is 1. The maximum absolute atomic E-state index is 13.9. The molecule has 0 aliphatic heterocycles. The fraction of sp³-hybridized carbons (Fsp3) is 0.444. The summed E-state index contributed by atoms with van der Waals surface area (Å²) in [6.07, 6.45) is 3.72. The van der Waals surface area contributed by atoms with Crippen molar-refractivity contribution < 1.29 is 19.0 Å².